The van der Waals surface area contributed by atoms with Gasteiger partial charge in [-0.15, -0.1) is 0 Å². The Hall–Kier alpha value is -3.65. The van der Waals surface area contributed by atoms with E-state index in [0.717, 1.165) is 12.8 Å². The van der Waals surface area contributed by atoms with Crippen molar-refractivity contribution in [1.82, 2.24) is 35.5 Å². The third-order valence-electron chi connectivity index (χ3n) is 8.33. The summed E-state index contributed by atoms with van der Waals surface area (Å²) in [6, 6.07) is 0.894. The van der Waals surface area contributed by atoms with Crippen LogP contribution in [0.15, 0.2) is 23.1 Å². The first kappa shape index (κ1) is 27.5. The second kappa shape index (κ2) is 10.3. The highest BCUT2D eigenvalue weighted by molar-refractivity contribution is 5.93. The highest BCUT2D eigenvalue weighted by Gasteiger charge is 2.45. The molecule has 3 aliphatic rings. The zero-order valence-corrected chi connectivity index (χ0v) is 21.8. The Labute approximate surface area is 230 Å². The van der Waals surface area contributed by atoms with Crippen LogP contribution in [0.5, 0.6) is 0 Å². The van der Waals surface area contributed by atoms with Gasteiger partial charge in [0.15, 0.2) is 11.3 Å². The van der Waals surface area contributed by atoms with Crippen LogP contribution in [0.4, 0.5) is 22.0 Å². The van der Waals surface area contributed by atoms with Gasteiger partial charge in [0.25, 0.3) is 5.91 Å². The molecule has 0 aromatic carbocycles. The lowest BCUT2D eigenvalue weighted by Gasteiger charge is -2.33. The first-order chi connectivity index (χ1) is 19.5. The van der Waals surface area contributed by atoms with Crippen molar-refractivity contribution in [3.05, 3.63) is 41.1 Å². The molecule has 3 aromatic heterocycles. The van der Waals surface area contributed by atoms with Crippen LogP contribution in [-0.2, 0) is 11.2 Å². The number of amides is 2. The number of piperidine rings is 1. The van der Waals surface area contributed by atoms with Crippen LogP contribution in [0.1, 0.15) is 84.3 Å². The SMILES string of the molecule is O=C(N[C@H](c1cn2ncc(C[C@H]3C[C@@H](C(F)(F)F)CNC3=O)cc2n1)C1CCC(F)(F)CC1)c1nonc1C1CC1. The van der Waals surface area contributed by atoms with E-state index in [1.165, 1.54) is 10.7 Å². The molecular formula is C26H28F5N7O3. The second-order valence-corrected chi connectivity index (χ2v) is 11.4. The molecule has 0 unspecified atom stereocenters. The predicted octanol–water partition coefficient (Wildman–Crippen LogP) is 4.14. The lowest BCUT2D eigenvalue weighted by atomic mass is 9.81. The Balaban J connectivity index is 1.24. The summed E-state index contributed by atoms with van der Waals surface area (Å²) >= 11 is 0. The first-order valence-electron chi connectivity index (χ1n) is 13.7. The largest absolute Gasteiger partial charge is 0.393 e. The van der Waals surface area contributed by atoms with E-state index in [2.05, 4.69) is 31.0 Å². The molecule has 2 aliphatic carbocycles. The lowest BCUT2D eigenvalue weighted by molar-refractivity contribution is -0.183. The summed E-state index contributed by atoms with van der Waals surface area (Å²) in [6.07, 6.45) is -0.204. The molecule has 2 saturated carbocycles. The monoisotopic (exact) mass is 581 g/mol. The van der Waals surface area contributed by atoms with E-state index in [1.54, 1.807) is 12.3 Å². The molecule has 2 N–H and O–H groups in total. The van der Waals surface area contributed by atoms with E-state index in [0.29, 0.717) is 22.6 Å². The molecule has 15 heteroatoms. The van der Waals surface area contributed by atoms with Crippen LogP contribution in [0.25, 0.3) is 5.65 Å². The third kappa shape index (κ3) is 5.89. The minimum atomic E-state index is -4.41. The van der Waals surface area contributed by atoms with Crippen molar-refractivity contribution < 1.29 is 36.2 Å². The smallest absolute Gasteiger partial charge is 0.355 e. The van der Waals surface area contributed by atoms with Crippen LogP contribution < -0.4 is 10.6 Å². The topological polar surface area (TPSA) is 127 Å². The van der Waals surface area contributed by atoms with Gasteiger partial charge < -0.3 is 10.6 Å². The summed E-state index contributed by atoms with van der Waals surface area (Å²) in [7, 11) is 0. The molecule has 2 amide bonds. The number of fused-ring (bicyclic) bond motifs is 1. The van der Waals surface area contributed by atoms with Crippen molar-refractivity contribution in [3.63, 3.8) is 0 Å². The zero-order valence-electron chi connectivity index (χ0n) is 21.8. The van der Waals surface area contributed by atoms with E-state index in [1.807, 2.05) is 0 Å². The molecule has 0 spiro atoms. The summed E-state index contributed by atoms with van der Waals surface area (Å²) in [5, 5.41) is 17.2. The van der Waals surface area contributed by atoms with Gasteiger partial charge in [-0.05, 0) is 61.2 Å². The first-order valence-corrected chi connectivity index (χ1v) is 13.7. The normalized spacial score (nSPS) is 24.3. The molecular weight excluding hydrogens is 553 g/mol. The fraction of sp³-hybridized carbons (Fsp3) is 0.615. The number of hydrogen-bond donors (Lipinski definition) is 2. The van der Waals surface area contributed by atoms with Gasteiger partial charge in [-0.25, -0.2) is 22.9 Å². The van der Waals surface area contributed by atoms with Crippen LogP contribution in [0, 0.1) is 17.8 Å². The van der Waals surface area contributed by atoms with Gasteiger partial charge in [-0.2, -0.15) is 18.3 Å². The molecule has 0 bridgehead atoms. The zero-order chi connectivity index (χ0) is 28.9. The van der Waals surface area contributed by atoms with Crippen molar-refractivity contribution in [2.24, 2.45) is 17.8 Å². The fourth-order valence-corrected chi connectivity index (χ4v) is 5.82. The van der Waals surface area contributed by atoms with Gasteiger partial charge in [-0.3, -0.25) is 9.59 Å². The summed E-state index contributed by atoms with van der Waals surface area (Å²) in [5.41, 5.74) is 1.81. The van der Waals surface area contributed by atoms with E-state index in [4.69, 9.17) is 4.63 Å². The summed E-state index contributed by atoms with van der Waals surface area (Å²) in [6.45, 7) is -0.438. The number of rotatable bonds is 7. The Bertz CT molecular complexity index is 1440. The molecule has 1 aliphatic heterocycles. The summed E-state index contributed by atoms with van der Waals surface area (Å²) in [5.74, 6) is -6.48. The molecule has 3 atom stereocenters. The van der Waals surface area contributed by atoms with Gasteiger partial charge in [0, 0.05) is 31.2 Å². The Morgan fingerprint density at radius 1 is 1.20 bits per heavy atom. The summed E-state index contributed by atoms with van der Waals surface area (Å²) < 4.78 is 73.9. The van der Waals surface area contributed by atoms with Crippen molar-refractivity contribution in [1.29, 1.82) is 0 Å². The van der Waals surface area contributed by atoms with Crippen molar-refractivity contribution in [3.8, 4) is 0 Å². The van der Waals surface area contributed by atoms with E-state index in [9.17, 15) is 31.5 Å². The second-order valence-electron chi connectivity index (χ2n) is 11.4. The molecule has 3 fully saturated rings. The average molecular weight is 582 g/mol. The molecule has 220 valence electrons. The van der Waals surface area contributed by atoms with Crippen molar-refractivity contribution in [2.75, 3.05) is 6.54 Å². The van der Waals surface area contributed by atoms with Gasteiger partial charge in [-0.1, -0.05) is 5.16 Å². The van der Waals surface area contributed by atoms with Gasteiger partial charge in [0.2, 0.25) is 11.8 Å². The van der Waals surface area contributed by atoms with Gasteiger partial charge in [0.1, 0.15) is 5.69 Å². The number of nitrogens with one attached hydrogen (secondary N) is 2. The number of carbonyl (C=O) groups excluding carboxylic acids is 2. The van der Waals surface area contributed by atoms with E-state index in [-0.39, 0.29) is 56.1 Å². The standard InChI is InChI=1S/C26H28F5N7O3/c27-25(28)5-3-15(4-6-25)20(35-24(40)22-21(14-1-2-14)36-41-37-22)18-12-38-19(34-18)8-13(10-33-38)7-16-9-17(26(29,30)31)11-32-23(16)39/h8,10,12,14-17,20H,1-7,9,11H2,(H,32,39)(H,35,40)/t16-,17+,20-/m0/s1. The van der Waals surface area contributed by atoms with Crippen LogP contribution >= 0.6 is 0 Å². The number of halogens is 5. The molecule has 3 aromatic rings. The molecule has 0 radical (unpaired) electrons. The van der Waals surface area contributed by atoms with E-state index >= 15 is 0 Å². The number of alkyl halides is 5. The van der Waals surface area contributed by atoms with Crippen molar-refractivity contribution >= 4 is 17.5 Å². The van der Waals surface area contributed by atoms with Crippen LogP contribution in [0.3, 0.4) is 0 Å². The number of hydrogen-bond acceptors (Lipinski definition) is 7. The van der Waals surface area contributed by atoms with Crippen LogP contribution in [0.2, 0.25) is 0 Å². The third-order valence-corrected chi connectivity index (χ3v) is 8.33. The Kier molecular flexibility index (Phi) is 6.92. The average Bonchev–Trinajstić information content (AvgIpc) is 3.48. The maximum absolute atomic E-state index is 14.0. The molecule has 6 rings (SSSR count). The quantitative estimate of drug-likeness (QED) is 0.402. The fourth-order valence-electron chi connectivity index (χ4n) is 5.82. The van der Waals surface area contributed by atoms with Gasteiger partial charge in [0.05, 0.1) is 30.0 Å². The number of aromatic nitrogens is 5. The van der Waals surface area contributed by atoms with E-state index < -0.39 is 48.3 Å². The lowest BCUT2D eigenvalue weighted by Crippen LogP contribution is -2.47. The Morgan fingerprint density at radius 3 is 2.66 bits per heavy atom. The van der Waals surface area contributed by atoms with Crippen LogP contribution in [-0.4, -0.2) is 55.4 Å². The summed E-state index contributed by atoms with van der Waals surface area (Å²) in [4.78, 5) is 30.1. The number of imidazole rings is 1. The predicted molar refractivity (Wildman–Crippen MR) is 131 cm³/mol. The number of carbonyl (C=O) groups is 2. The highest BCUT2D eigenvalue weighted by Crippen LogP contribution is 2.43. The van der Waals surface area contributed by atoms with Gasteiger partial charge >= 0.3 is 6.18 Å². The molecule has 41 heavy (non-hydrogen) atoms. The minimum Gasteiger partial charge on any atom is -0.355 e. The maximum atomic E-state index is 14.0. The maximum Gasteiger partial charge on any atom is 0.393 e. The Morgan fingerprint density at radius 2 is 1.95 bits per heavy atom. The molecule has 1 saturated heterocycles. The van der Waals surface area contributed by atoms with Crippen molar-refractivity contribution in [2.45, 2.75) is 75.4 Å². The highest BCUT2D eigenvalue weighted by atomic mass is 19.4. The molecule has 10 nitrogen and oxygen atoms in total. The number of nitrogens with zero attached hydrogens (tertiary/aromatic N) is 5. The molecule has 4 heterocycles. The minimum absolute atomic E-state index is 0.0467.